The van der Waals surface area contributed by atoms with E-state index in [2.05, 4.69) is 69.8 Å². The lowest BCUT2D eigenvalue weighted by Gasteiger charge is -2.05. The van der Waals surface area contributed by atoms with Gasteiger partial charge in [-0.25, -0.2) is 0 Å². The first-order valence-corrected chi connectivity index (χ1v) is 8.84. The Morgan fingerprint density at radius 3 is 2.42 bits per heavy atom. The van der Waals surface area contributed by atoms with Gasteiger partial charge in [-0.2, -0.15) is 5.10 Å². The number of rotatable bonds is 5. The molecule has 1 aromatic heterocycles. The van der Waals surface area contributed by atoms with Crippen molar-refractivity contribution in [2.45, 2.75) is 6.54 Å². The van der Waals surface area contributed by atoms with Gasteiger partial charge in [0.25, 0.3) is 0 Å². The Balaban J connectivity index is 1.60. The molecule has 0 unspecified atom stereocenters. The number of hydrazone groups is 1. The van der Waals surface area contributed by atoms with Crippen molar-refractivity contribution in [1.82, 2.24) is 4.57 Å². The minimum atomic E-state index is 0.712. The smallest absolute Gasteiger partial charge is 0.0566 e. The Hall–Kier alpha value is -3.04. The van der Waals surface area contributed by atoms with Crippen LogP contribution >= 0.6 is 11.6 Å². The van der Waals surface area contributed by atoms with Crippen LogP contribution in [-0.4, -0.2) is 10.8 Å². The van der Waals surface area contributed by atoms with Crippen molar-refractivity contribution in [3.63, 3.8) is 0 Å². The lowest BCUT2D eigenvalue weighted by molar-refractivity contribution is 0.836. The van der Waals surface area contributed by atoms with E-state index < -0.39 is 0 Å². The lowest BCUT2D eigenvalue weighted by Crippen LogP contribution is -1.97. The fourth-order valence-electron chi connectivity index (χ4n) is 2.99. The average Bonchev–Trinajstić information content (AvgIpc) is 3.02. The van der Waals surface area contributed by atoms with Crippen LogP contribution in [0, 0.1) is 0 Å². The predicted octanol–water partition coefficient (Wildman–Crippen LogP) is 5.79. The first-order chi connectivity index (χ1) is 12.8. The van der Waals surface area contributed by atoms with Gasteiger partial charge in [0, 0.05) is 34.2 Å². The monoisotopic (exact) mass is 359 g/mol. The molecule has 1 heterocycles. The molecule has 0 atom stereocenters. The standard InChI is InChI=1S/C22H18ClN3/c23-19-10-12-20(13-11-19)25-24-14-18-16-26(15-17-6-2-1-3-7-17)22-9-5-4-8-21(18)22/h1-14,16,25H,15H2/b24-14+. The van der Waals surface area contributed by atoms with E-state index in [1.165, 1.54) is 16.5 Å². The molecule has 0 fully saturated rings. The zero-order valence-electron chi connectivity index (χ0n) is 14.1. The van der Waals surface area contributed by atoms with E-state index in [-0.39, 0.29) is 0 Å². The molecular formula is C22H18ClN3. The Morgan fingerprint density at radius 1 is 0.885 bits per heavy atom. The van der Waals surface area contributed by atoms with Crippen molar-refractivity contribution in [2.75, 3.05) is 5.43 Å². The van der Waals surface area contributed by atoms with E-state index in [4.69, 9.17) is 11.6 Å². The maximum atomic E-state index is 5.91. The molecule has 4 heteroatoms. The molecule has 26 heavy (non-hydrogen) atoms. The van der Waals surface area contributed by atoms with Gasteiger partial charge in [-0.05, 0) is 35.9 Å². The molecule has 0 aliphatic heterocycles. The number of hydrogen-bond acceptors (Lipinski definition) is 2. The van der Waals surface area contributed by atoms with Gasteiger partial charge in [0.15, 0.2) is 0 Å². The quantitative estimate of drug-likeness (QED) is 0.354. The van der Waals surface area contributed by atoms with Gasteiger partial charge in [-0.15, -0.1) is 0 Å². The molecule has 0 saturated carbocycles. The fourth-order valence-corrected chi connectivity index (χ4v) is 3.12. The molecule has 3 nitrogen and oxygen atoms in total. The maximum Gasteiger partial charge on any atom is 0.0566 e. The molecule has 0 amide bonds. The third-order valence-electron chi connectivity index (χ3n) is 4.26. The van der Waals surface area contributed by atoms with Crippen LogP contribution < -0.4 is 5.43 Å². The summed E-state index contributed by atoms with van der Waals surface area (Å²) in [5.74, 6) is 0. The van der Waals surface area contributed by atoms with E-state index in [9.17, 15) is 0 Å². The van der Waals surface area contributed by atoms with Gasteiger partial charge in [-0.3, -0.25) is 5.43 Å². The molecule has 0 aliphatic rings. The Morgan fingerprint density at radius 2 is 1.62 bits per heavy atom. The summed E-state index contributed by atoms with van der Waals surface area (Å²) >= 11 is 5.91. The number of benzene rings is 3. The molecule has 1 N–H and O–H groups in total. The summed E-state index contributed by atoms with van der Waals surface area (Å²) in [7, 11) is 0. The summed E-state index contributed by atoms with van der Waals surface area (Å²) < 4.78 is 2.26. The van der Waals surface area contributed by atoms with Crippen LogP contribution in [0.25, 0.3) is 10.9 Å². The minimum absolute atomic E-state index is 0.712. The van der Waals surface area contributed by atoms with Gasteiger partial charge in [0.1, 0.15) is 0 Å². The van der Waals surface area contributed by atoms with Crippen LogP contribution in [0.2, 0.25) is 5.02 Å². The summed E-state index contributed by atoms with van der Waals surface area (Å²) in [5, 5.41) is 6.28. The van der Waals surface area contributed by atoms with E-state index in [1.807, 2.05) is 36.5 Å². The highest BCUT2D eigenvalue weighted by Gasteiger charge is 2.07. The zero-order valence-corrected chi connectivity index (χ0v) is 14.9. The van der Waals surface area contributed by atoms with E-state index in [0.29, 0.717) is 5.02 Å². The van der Waals surface area contributed by atoms with Crippen molar-refractivity contribution < 1.29 is 0 Å². The number of nitrogens with zero attached hydrogens (tertiary/aromatic N) is 2. The number of anilines is 1. The van der Waals surface area contributed by atoms with Crippen LogP contribution in [0.1, 0.15) is 11.1 Å². The summed E-state index contributed by atoms with van der Waals surface area (Å²) in [6.45, 7) is 0.833. The highest BCUT2D eigenvalue weighted by atomic mass is 35.5. The highest BCUT2D eigenvalue weighted by molar-refractivity contribution is 6.30. The summed E-state index contributed by atoms with van der Waals surface area (Å²) in [4.78, 5) is 0. The molecule has 0 bridgehead atoms. The third kappa shape index (κ3) is 3.63. The summed E-state index contributed by atoms with van der Waals surface area (Å²) in [6, 6.07) is 26.3. The van der Waals surface area contributed by atoms with E-state index in [1.54, 1.807) is 0 Å². The van der Waals surface area contributed by atoms with Crippen molar-refractivity contribution in [2.24, 2.45) is 5.10 Å². The van der Waals surface area contributed by atoms with Gasteiger partial charge in [0.2, 0.25) is 0 Å². The number of para-hydroxylation sites is 1. The second-order valence-corrected chi connectivity index (χ2v) is 6.53. The molecular weight excluding hydrogens is 342 g/mol. The van der Waals surface area contributed by atoms with Crippen LogP contribution in [0.15, 0.2) is 90.2 Å². The number of hydrogen-bond donors (Lipinski definition) is 1. The minimum Gasteiger partial charge on any atom is -0.342 e. The van der Waals surface area contributed by atoms with Crippen LogP contribution in [0.5, 0.6) is 0 Å². The lowest BCUT2D eigenvalue weighted by atomic mass is 10.2. The maximum absolute atomic E-state index is 5.91. The number of aromatic nitrogens is 1. The number of fused-ring (bicyclic) bond motifs is 1. The average molecular weight is 360 g/mol. The molecule has 0 aliphatic carbocycles. The topological polar surface area (TPSA) is 29.3 Å². The zero-order chi connectivity index (χ0) is 17.8. The third-order valence-corrected chi connectivity index (χ3v) is 4.51. The summed E-state index contributed by atoms with van der Waals surface area (Å²) in [5.41, 5.74) is 7.50. The number of halogens is 1. The highest BCUT2D eigenvalue weighted by Crippen LogP contribution is 2.21. The largest absolute Gasteiger partial charge is 0.342 e. The molecule has 4 rings (SSSR count). The summed E-state index contributed by atoms with van der Waals surface area (Å²) in [6.07, 6.45) is 4.00. The molecule has 128 valence electrons. The second-order valence-electron chi connectivity index (χ2n) is 6.09. The van der Waals surface area contributed by atoms with E-state index in [0.717, 1.165) is 17.8 Å². The second kappa shape index (κ2) is 7.46. The van der Waals surface area contributed by atoms with Gasteiger partial charge >= 0.3 is 0 Å². The predicted molar refractivity (Wildman–Crippen MR) is 110 cm³/mol. The van der Waals surface area contributed by atoms with Crippen molar-refractivity contribution in [3.8, 4) is 0 Å². The van der Waals surface area contributed by atoms with Crippen molar-refractivity contribution in [3.05, 3.63) is 101 Å². The van der Waals surface area contributed by atoms with Crippen molar-refractivity contribution in [1.29, 1.82) is 0 Å². The van der Waals surface area contributed by atoms with Crippen LogP contribution in [-0.2, 0) is 6.54 Å². The fraction of sp³-hybridized carbons (Fsp3) is 0.0455. The van der Waals surface area contributed by atoms with Crippen LogP contribution in [0.3, 0.4) is 0 Å². The van der Waals surface area contributed by atoms with Gasteiger partial charge in [0.05, 0.1) is 11.9 Å². The molecule has 0 spiro atoms. The van der Waals surface area contributed by atoms with Gasteiger partial charge < -0.3 is 4.57 Å². The molecule has 0 saturated heterocycles. The molecule has 0 radical (unpaired) electrons. The molecule has 4 aromatic rings. The Kier molecular flexibility index (Phi) is 4.71. The molecule has 3 aromatic carbocycles. The van der Waals surface area contributed by atoms with Gasteiger partial charge in [-0.1, -0.05) is 60.1 Å². The first kappa shape index (κ1) is 16.4. The SMILES string of the molecule is Clc1ccc(N/N=C/c2cn(Cc3ccccc3)c3ccccc23)cc1. The Labute approximate surface area is 157 Å². The number of nitrogens with one attached hydrogen (secondary N) is 1. The first-order valence-electron chi connectivity index (χ1n) is 8.46. The van der Waals surface area contributed by atoms with Crippen molar-refractivity contribution >= 4 is 34.4 Å². The van der Waals surface area contributed by atoms with Crippen LogP contribution in [0.4, 0.5) is 5.69 Å². The Bertz CT molecular complexity index is 1030. The normalized spacial score (nSPS) is 11.3. The van der Waals surface area contributed by atoms with E-state index >= 15 is 0 Å².